The van der Waals surface area contributed by atoms with Crippen molar-refractivity contribution in [2.24, 2.45) is 17.8 Å². The van der Waals surface area contributed by atoms with Crippen LogP contribution in [0.25, 0.3) is 0 Å². The number of nitriles is 1. The van der Waals surface area contributed by atoms with Crippen LogP contribution in [-0.4, -0.2) is 0 Å². The van der Waals surface area contributed by atoms with Crippen LogP contribution in [0.3, 0.4) is 0 Å². The summed E-state index contributed by atoms with van der Waals surface area (Å²) in [5.74, 6) is 3.79. The lowest BCUT2D eigenvalue weighted by molar-refractivity contribution is 0.222. The first kappa shape index (κ1) is 19.5. The molecular formula is C25H37N. The minimum absolute atomic E-state index is 0.730. The lowest BCUT2D eigenvalue weighted by Gasteiger charge is -2.32. The van der Waals surface area contributed by atoms with Gasteiger partial charge in [0.15, 0.2) is 0 Å². The van der Waals surface area contributed by atoms with Gasteiger partial charge in [-0.05, 0) is 67.1 Å². The Bertz CT molecular complexity index is 551. The van der Waals surface area contributed by atoms with E-state index < -0.39 is 0 Å². The number of nitrogens with zero attached hydrogens (tertiary/aromatic N) is 1. The molecule has 0 N–H and O–H groups in total. The van der Waals surface area contributed by atoms with E-state index in [9.17, 15) is 0 Å². The molecule has 142 valence electrons. The average Bonchev–Trinajstić information content (AvgIpc) is 2.72. The van der Waals surface area contributed by atoms with Crippen molar-refractivity contribution in [1.29, 1.82) is 5.26 Å². The van der Waals surface area contributed by atoms with E-state index in [0.717, 1.165) is 29.2 Å². The quantitative estimate of drug-likeness (QED) is 0.496. The van der Waals surface area contributed by atoms with Crippen molar-refractivity contribution in [2.45, 2.75) is 96.3 Å². The zero-order valence-electron chi connectivity index (χ0n) is 16.8. The molecule has 0 saturated heterocycles. The van der Waals surface area contributed by atoms with Crippen molar-refractivity contribution in [3.05, 3.63) is 35.4 Å². The first-order valence-corrected chi connectivity index (χ1v) is 11.3. The maximum absolute atomic E-state index is 8.94. The fraction of sp³-hybridized carbons (Fsp3) is 0.720. The molecule has 3 rings (SSSR count). The topological polar surface area (TPSA) is 23.8 Å². The predicted octanol–water partition coefficient (Wildman–Crippen LogP) is 7.61. The van der Waals surface area contributed by atoms with Gasteiger partial charge in [0, 0.05) is 0 Å². The van der Waals surface area contributed by atoms with Gasteiger partial charge in [-0.1, -0.05) is 76.8 Å². The monoisotopic (exact) mass is 351 g/mol. The molecule has 0 unspecified atom stereocenters. The third-order valence-electron chi connectivity index (χ3n) is 7.27. The van der Waals surface area contributed by atoms with Gasteiger partial charge in [-0.3, -0.25) is 0 Å². The average molecular weight is 352 g/mol. The minimum atomic E-state index is 0.730. The first-order valence-electron chi connectivity index (χ1n) is 11.3. The van der Waals surface area contributed by atoms with Crippen molar-refractivity contribution < 1.29 is 0 Å². The molecule has 0 spiro atoms. The largest absolute Gasteiger partial charge is 0.192 e. The normalized spacial score (nSPS) is 29.2. The second-order valence-electron chi connectivity index (χ2n) is 9.06. The van der Waals surface area contributed by atoms with E-state index in [2.05, 4.69) is 25.1 Å². The van der Waals surface area contributed by atoms with Gasteiger partial charge in [0.25, 0.3) is 0 Å². The molecule has 0 amide bonds. The van der Waals surface area contributed by atoms with Gasteiger partial charge in [-0.2, -0.15) is 5.26 Å². The molecule has 2 aliphatic rings. The van der Waals surface area contributed by atoms with Gasteiger partial charge >= 0.3 is 0 Å². The summed E-state index contributed by atoms with van der Waals surface area (Å²) in [7, 11) is 0. The van der Waals surface area contributed by atoms with Crippen LogP contribution in [0.4, 0.5) is 0 Å². The summed E-state index contributed by atoms with van der Waals surface area (Å²) in [4.78, 5) is 0. The first-order chi connectivity index (χ1) is 12.8. The molecule has 2 fully saturated rings. The minimum Gasteiger partial charge on any atom is -0.192 e. The molecular weight excluding hydrogens is 314 g/mol. The number of hydrogen-bond acceptors (Lipinski definition) is 1. The Labute approximate surface area is 161 Å². The Kier molecular flexibility index (Phi) is 7.60. The van der Waals surface area contributed by atoms with E-state index >= 15 is 0 Å². The fourth-order valence-electron chi connectivity index (χ4n) is 5.39. The highest BCUT2D eigenvalue weighted by Crippen LogP contribution is 2.40. The predicted molar refractivity (Wildman–Crippen MR) is 110 cm³/mol. The highest BCUT2D eigenvalue weighted by Gasteiger charge is 2.25. The van der Waals surface area contributed by atoms with E-state index in [-0.39, 0.29) is 0 Å². The van der Waals surface area contributed by atoms with Crippen LogP contribution in [-0.2, 0) is 0 Å². The molecule has 1 nitrogen and oxygen atoms in total. The van der Waals surface area contributed by atoms with Gasteiger partial charge < -0.3 is 0 Å². The number of benzene rings is 1. The summed E-state index contributed by atoms with van der Waals surface area (Å²) in [6, 6.07) is 10.6. The van der Waals surface area contributed by atoms with Gasteiger partial charge in [-0.15, -0.1) is 0 Å². The van der Waals surface area contributed by atoms with E-state index in [1.807, 2.05) is 12.1 Å². The van der Waals surface area contributed by atoms with Gasteiger partial charge in [0.05, 0.1) is 11.6 Å². The van der Waals surface area contributed by atoms with Gasteiger partial charge in [0.2, 0.25) is 0 Å². The van der Waals surface area contributed by atoms with Crippen molar-refractivity contribution in [3.8, 4) is 6.07 Å². The van der Waals surface area contributed by atoms with Gasteiger partial charge in [0.1, 0.15) is 0 Å². The lowest BCUT2D eigenvalue weighted by atomic mass is 9.74. The zero-order chi connectivity index (χ0) is 18.2. The smallest absolute Gasteiger partial charge is 0.0991 e. The molecule has 26 heavy (non-hydrogen) atoms. The fourth-order valence-corrected chi connectivity index (χ4v) is 5.39. The summed E-state index contributed by atoms with van der Waals surface area (Å²) in [5, 5.41) is 8.94. The Morgan fingerprint density at radius 2 is 1.27 bits per heavy atom. The Hall–Kier alpha value is -1.29. The van der Waals surface area contributed by atoms with Gasteiger partial charge in [-0.25, -0.2) is 0 Å². The molecule has 0 heterocycles. The molecule has 1 aromatic carbocycles. The summed E-state index contributed by atoms with van der Waals surface area (Å²) in [6.45, 7) is 2.32. The number of rotatable bonds is 7. The van der Waals surface area contributed by atoms with Crippen molar-refractivity contribution in [2.75, 3.05) is 0 Å². The number of unbranched alkanes of at least 4 members (excludes halogenated alkanes) is 1. The summed E-state index contributed by atoms with van der Waals surface area (Å²) >= 11 is 0. The molecule has 2 saturated carbocycles. The molecule has 0 atom stereocenters. The van der Waals surface area contributed by atoms with Crippen molar-refractivity contribution in [3.63, 3.8) is 0 Å². The Morgan fingerprint density at radius 1 is 0.769 bits per heavy atom. The Balaban J connectivity index is 1.34. The SMILES string of the molecule is CCCCC1CCC(CCC2CCC(c3ccc(C#N)cc3)CC2)CC1. The molecule has 1 aromatic rings. The maximum Gasteiger partial charge on any atom is 0.0991 e. The van der Waals surface area contributed by atoms with Crippen molar-refractivity contribution >= 4 is 0 Å². The maximum atomic E-state index is 8.94. The van der Waals surface area contributed by atoms with E-state index in [1.54, 1.807) is 0 Å². The standard InChI is InChI=1S/C25H37N/c1-2-3-4-20-5-7-21(8-6-20)9-10-22-11-15-24(16-12-22)25-17-13-23(19-26)14-18-25/h13-14,17-18,20-22,24H,2-12,15-16H2,1H3. The van der Waals surface area contributed by atoms with Crippen LogP contribution in [0, 0.1) is 29.1 Å². The molecule has 1 heteroatoms. The summed E-state index contributed by atoms with van der Waals surface area (Å²) in [5.41, 5.74) is 2.24. The number of hydrogen-bond donors (Lipinski definition) is 0. The second-order valence-corrected chi connectivity index (χ2v) is 9.06. The molecule has 0 bridgehead atoms. The molecule has 0 radical (unpaired) electrons. The van der Waals surface area contributed by atoms with E-state index in [4.69, 9.17) is 5.26 Å². The summed E-state index contributed by atoms with van der Waals surface area (Å²) in [6.07, 6.45) is 18.8. The Morgan fingerprint density at radius 3 is 1.77 bits per heavy atom. The molecule has 2 aliphatic carbocycles. The van der Waals surface area contributed by atoms with E-state index in [1.165, 1.54) is 89.0 Å². The lowest BCUT2D eigenvalue weighted by Crippen LogP contribution is -2.17. The second kappa shape index (κ2) is 10.1. The van der Waals surface area contributed by atoms with E-state index in [0.29, 0.717) is 0 Å². The van der Waals surface area contributed by atoms with Crippen molar-refractivity contribution in [1.82, 2.24) is 0 Å². The van der Waals surface area contributed by atoms with Crippen LogP contribution in [0.5, 0.6) is 0 Å². The molecule has 0 aliphatic heterocycles. The zero-order valence-corrected chi connectivity index (χ0v) is 16.8. The highest BCUT2D eigenvalue weighted by atomic mass is 14.3. The van der Waals surface area contributed by atoms with Crippen LogP contribution in [0.1, 0.15) is 107 Å². The third kappa shape index (κ3) is 5.60. The summed E-state index contributed by atoms with van der Waals surface area (Å²) < 4.78 is 0. The third-order valence-corrected chi connectivity index (χ3v) is 7.27. The van der Waals surface area contributed by atoms with Crippen LogP contribution in [0.2, 0.25) is 0 Å². The van der Waals surface area contributed by atoms with Crippen LogP contribution in [0.15, 0.2) is 24.3 Å². The van der Waals surface area contributed by atoms with Crippen LogP contribution < -0.4 is 0 Å². The van der Waals surface area contributed by atoms with Crippen LogP contribution >= 0.6 is 0 Å². The molecule has 0 aromatic heterocycles. The highest BCUT2D eigenvalue weighted by molar-refractivity contribution is 5.33.